The van der Waals surface area contributed by atoms with Crippen LogP contribution in [-0.4, -0.2) is 19.7 Å². The summed E-state index contributed by atoms with van der Waals surface area (Å²) in [5.41, 5.74) is 1.28. The zero-order valence-electron chi connectivity index (χ0n) is 11.0. The minimum absolute atomic E-state index is 0. The molecule has 0 saturated carbocycles. The van der Waals surface area contributed by atoms with Crippen LogP contribution in [0.25, 0.3) is 0 Å². The Morgan fingerprint density at radius 2 is 2.00 bits per heavy atom. The Hall–Kier alpha value is -0.730. The van der Waals surface area contributed by atoms with Crippen LogP contribution in [-0.2, 0) is 6.42 Å². The van der Waals surface area contributed by atoms with Crippen molar-refractivity contribution < 1.29 is 4.74 Å². The van der Waals surface area contributed by atoms with Gasteiger partial charge in [-0.3, -0.25) is 0 Å². The SMILES string of the molecule is CCCCNC(C)Cc1ccccc1OC.Cl. The van der Waals surface area contributed by atoms with Crippen molar-refractivity contribution in [2.45, 2.75) is 39.2 Å². The van der Waals surface area contributed by atoms with E-state index in [4.69, 9.17) is 4.74 Å². The highest BCUT2D eigenvalue weighted by atomic mass is 35.5. The number of methoxy groups -OCH3 is 1. The van der Waals surface area contributed by atoms with Gasteiger partial charge in [-0.25, -0.2) is 0 Å². The summed E-state index contributed by atoms with van der Waals surface area (Å²) < 4.78 is 5.34. The van der Waals surface area contributed by atoms with Crippen LogP contribution < -0.4 is 10.1 Å². The number of ether oxygens (including phenoxy) is 1. The van der Waals surface area contributed by atoms with E-state index in [1.54, 1.807) is 7.11 Å². The summed E-state index contributed by atoms with van der Waals surface area (Å²) in [5, 5.41) is 3.53. The first-order chi connectivity index (χ1) is 7.77. The van der Waals surface area contributed by atoms with E-state index in [2.05, 4.69) is 31.3 Å². The molecular weight excluding hydrogens is 234 g/mol. The first kappa shape index (κ1) is 16.3. The number of hydrogen-bond acceptors (Lipinski definition) is 2. The zero-order valence-corrected chi connectivity index (χ0v) is 11.8. The van der Waals surface area contributed by atoms with E-state index >= 15 is 0 Å². The van der Waals surface area contributed by atoms with Gasteiger partial charge in [-0.2, -0.15) is 0 Å². The zero-order chi connectivity index (χ0) is 11.8. The maximum absolute atomic E-state index is 5.34. The highest BCUT2D eigenvalue weighted by Crippen LogP contribution is 2.18. The van der Waals surface area contributed by atoms with Crippen LogP contribution in [0.5, 0.6) is 5.75 Å². The van der Waals surface area contributed by atoms with Gasteiger partial charge in [-0.1, -0.05) is 31.5 Å². The number of rotatable bonds is 7. The maximum Gasteiger partial charge on any atom is 0.122 e. The normalized spacial score (nSPS) is 11.7. The van der Waals surface area contributed by atoms with Crippen molar-refractivity contribution in [1.82, 2.24) is 5.32 Å². The van der Waals surface area contributed by atoms with Crippen molar-refractivity contribution in [2.75, 3.05) is 13.7 Å². The van der Waals surface area contributed by atoms with Gasteiger partial charge in [0, 0.05) is 6.04 Å². The molecule has 17 heavy (non-hydrogen) atoms. The van der Waals surface area contributed by atoms with Crippen LogP contribution >= 0.6 is 12.4 Å². The summed E-state index contributed by atoms with van der Waals surface area (Å²) in [4.78, 5) is 0. The number of benzene rings is 1. The van der Waals surface area contributed by atoms with Crippen LogP contribution in [0.2, 0.25) is 0 Å². The Bertz CT molecular complexity index is 304. The van der Waals surface area contributed by atoms with E-state index in [1.165, 1.54) is 18.4 Å². The molecule has 0 spiro atoms. The van der Waals surface area contributed by atoms with Crippen LogP contribution in [0.3, 0.4) is 0 Å². The Kier molecular flexibility index (Phi) is 8.92. The average Bonchev–Trinajstić information content (AvgIpc) is 2.30. The van der Waals surface area contributed by atoms with Crippen LogP contribution in [0.4, 0.5) is 0 Å². The molecule has 0 amide bonds. The fraction of sp³-hybridized carbons (Fsp3) is 0.571. The fourth-order valence-corrected chi connectivity index (χ4v) is 1.80. The molecule has 0 radical (unpaired) electrons. The Balaban J connectivity index is 0.00000256. The topological polar surface area (TPSA) is 21.3 Å². The lowest BCUT2D eigenvalue weighted by Crippen LogP contribution is -2.29. The van der Waals surface area contributed by atoms with Crippen molar-refractivity contribution in [3.05, 3.63) is 29.8 Å². The Morgan fingerprint density at radius 3 is 2.65 bits per heavy atom. The number of unbranched alkanes of at least 4 members (excludes halogenated alkanes) is 1. The van der Waals surface area contributed by atoms with Crippen molar-refractivity contribution in [3.8, 4) is 5.75 Å². The number of hydrogen-bond donors (Lipinski definition) is 1. The third kappa shape index (κ3) is 5.94. The van der Waals surface area contributed by atoms with Crippen LogP contribution in [0.1, 0.15) is 32.3 Å². The summed E-state index contributed by atoms with van der Waals surface area (Å²) in [7, 11) is 1.73. The van der Waals surface area contributed by atoms with E-state index in [0.717, 1.165) is 18.7 Å². The third-order valence-electron chi connectivity index (χ3n) is 2.74. The fourth-order valence-electron chi connectivity index (χ4n) is 1.80. The molecule has 1 atom stereocenters. The quantitative estimate of drug-likeness (QED) is 0.756. The summed E-state index contributed by atoms with van der Waals surface area (Å²) in [6.07, 6.45) is 3.51. The second kappa shape index (κ2) is 9.32. The maximum atomic E-state index is 5.34. The average molecular weight is 258 g/mol. The van der Waals surface area contributed by atoms with Crippen molar-refractivity contribution in [2.24, 2.45) is 0 Å². The smallest absolute Gasteiger partial charge is 0.122 e. The van der Waals surface area contributed by atoms with Crippen molar-refractivity contribution in [3.63, 3.8) is 0 Å². The lowest BCUT2D eigenvalue weighted by atomic mass is 10.1. The molecule has 1 unspecified atom stereocenters. The van der Waals surface area contributed by atoms with Gasteiger partial charge in [0.1, 0.15) is 5.75 Å². The minimum Gasteiger partial charge on any atom is -0.496 e. The van der Waals surface area contributed by atoms with E-state index in [0.29, 0.717) is 6.04 Å². The second-order valence-corrected chi connectivity index (χ2v) is 4.22. The Morgan fingerprint density at radius 1 is 1.29 bits per heavy atom. The van der Waals surface area contributed by atoms with Gasteiger partial charge < -0.3 is 10.1 Å². The van der Waals surface area contributed by atoms with E-state index in [-0.39, 0.29) is 12.4 Å². The van der Waals surface area contributed by atoms with Gasteiger partial charge in [0.15, 0.2) is 0 Å². The molecule has 0 fully saturated rings. The van der Waals surface area contributed by atoms with E-state index in [1.807, 2.05) is 12.1 Å². The molecule has 3 heteroatoms. The molecule has 1 rings (SSSR count). The third-order valence-corrected chi connectivity index (χ3v) is 2.74. The standard InChI is InChI=1S/C14H23NO.ClH/c1-4-5-10-15-12(2)11-13-8-6-7-9-14(13)16-3;/h6-9,12,15H,4-5,10-11H2,1-3H3;1H. The Labute approximate surface area is 111 Å². The van der Waals surface area contributed by atoms with E-state index in [9.17, 15) is 0 Å². The molecular formula is C14H24ClNO. The molecule has 0 aliphatic carbocycles. The van der Waals surface area contributed by atoms with Crippen molar-refractivity contribution >= 4 is 12.4 Å². The second-order valence-electron chi connectivity index (χ2n) is 4.22. The molecule has 1 aromatic rings. The molecule has 0 aromatic heterocycles. The molecule has 1 aromatic carbocycles. The highest BCUT2D eigenvalue weighted by Gasteiger charge is 2.06. The number of halogens is 1. The summed E-state index contributed by atoms with van der Waals surface area (Å²) in [5.74, 6) is 0.992. The highest BCUT2D eigenvalue weighted by molar-refractivity contribution is 5.85. The number of nitrogens with one attached hydrogen (secondary N) is 1. The monoisotopic (exact) mass is 257 g/mol. The molecule has 98 valence electrons. The lowest BCUT2D eigenvalue weighted by molar-refractivity contribution is 0.406. The van der Waals surface area contributed by atoms with Crippen LogP contribution in [0, 0.1) is 0 Å². The van der Waals surface area contributed by atoms with Crippen LogP contribution in [0.15, 0.2) is 24.3 Å². The lowest BCUT2D eigenvalue weighted by Gasteiger charge is -2.15. The molecule has 1 N–H and O–H groups in total. The summed E-state index contributed by atoms with van der Waals surface area (Å²) in [6.45, 7) is 5.54. The first-order valence-electron chi connectivity index (χ1n) is 6.13. The summed E-state index contributed by atoms with van der Waals surface area (Å²) >= 11 is 0. The molecule has 0 heterocycles. The molecule has 0 aliphatic rings. The molecule has 2 nitrogen and oxygen atoms in total. The predicted octanol–water partition coefficient (Wildman–Crippen LogP) is 3.44. The largest absolute Gasteiger partial charge is 0.496 e. The van der Waals surface area contributed by atoms with Gasteiger partial charge in [0.2, 0.25) is 0 Å². The van der Waals surface area contributed by atoms with Gasteiger partial charge in [0.05, 0.1) is 7.11 Å². The van der Waals surface area contributed by atoms with Crippen molar-refractivity contribution in [1.29, 1.82) is 0 Å². The molecule has 0 saturated heterocycles. The van der Waals surface area contributed by atoms with Gasteiger partial charge >= 0.3 is 0 Å². The first-order valence-corrected chi connectivity index (χ1v) is 6.13. The van der Waals surface area contributed by atoms with Gasteiger partial charge in [0.25, 0.3) is 0 Å². The predicted molar refractivity (Wildman–Crippen MR) is 76.3 cm³/mol. The minimum atomic E-state index is 0. The van der Waals surface area contributed by atoms with Gasteiger partial charge in [-0.05, 0) is 37.9 Å². The summed E-state index contributed by atoms with van der Waals surface area (Å²) in [6, 6.07) is 8.74. The molecule has 0 aliphatic heterocycles. The molecule has 0 bridgehead atoms. The van der Waals surface area contributed by atoms with Gasteiger partial charge in [-0.15, -0.1) is 12.4 Å². The number of para-hydroxylation sites is 1. The van der Waals surface area contributed by atoms with E-state index < -0.39 is 0 Å².